The number of phenolic OH excluding ortho intramolecular Hbond substituents is 1. The number of nitrogens with zero attached hydrogens (tertiary/aromatic N) is 6. The van der Waals surface area contributed by atoms with Crippen molar-refractivity contribution >= 4 is 23.3 Å². The van der Waals surface area contributed by atoms with Crippen LogP contribution in [-0.2, 0) is 16.1 Å². The number of aromatic hydroxyl groups is 1. The van der Waals surface area contributed by atoms with Gasteiger partial charge in [-0.3, -0.25) is 0 Å². The normalized spacial score (nSPS) is 14.6. The second kappa shape index (κ2) is 7.67. The van der Waals surface area contributed by atoms with Crippen molar-refractivity contribution in [3.63, 3.8) is 0 Å². The molecule has 3 heterocycles. The molecule has 1 aromatic carbocycles. The number of anilines is 1. The van der Waals surface area contributed by atoms with Crippen LogP contribution in [0.1, 0.15) is 12.8 Å². The molecule has 1 saturated heterocycles. The van der Waals surface area contributed by atoms with E-state index in [2.05, 4.69) is 20.2 Å². The van der Waals surface area contributed by atoms with E-state index >= 15 is 0 Å². The van der Waals surface area contributed by atoms with E-state index in [1.807, 2.05) is 6.07 Å². The number of hydrogen-bond acceptors (Lipinski definition) is 8. The minimum Gasteiger partial charge on any atom is -0.508 e. The molecular weight excluding hydrogens is 348 g/mol. The van der Waals surface area contributed by atoms with Gasteiger partial charge < -0.3 is 19.5 Å². The van der Waals surface area contributed by atoms with Gasteiger partial charge in [0.15, 0.2) is 22.8 Å². The number of hydrogen-bond donors (Lipinski definition) is 1. The van der Waals surface area contributed by atoms with Crippen LogP contribution in [0.25, 0.3) is 22.6 Å². The second-order valence-electron chi connectivity index (χ2n) is 6.31. The fourth-order valence-electron chi connectivity index (χ4n) is 3.09. The molecule has 0 radical (unpaired) electrons. The van der Waals surface area contributed by atoms with Gasteiger partial charge in [-0.2, -0.15) is 0 Å². The molecule has 1 N–H and O–H groups in total. The highest BCUT2D eigenvalue weighted by Gasteiger charge is 2.22. The average molecular weight is 368 g/mol. The van der Waals surface area contributed by atoms with E-state index in [0.29, 0.717) is 74.1 Å². The molecule has 0 unspecified atom stereocenters. The highest BCUT2D eigenvalue weighted by molar-refractivity contribution is 5.85. The number of aldehydes is 1. The summed E-state index contributed by atoms with van der Waals surface area (Å²) in [5, 5.41) is 18.3. The summed E-state index contributed by atoms with van der Waals surface area (Å²) < 4.78 is 7.15. The molecule has 27 heavy (non-hydrogen) atoms. The summed E-state index contributed by atoms with van der Waals surface area (Å²) in [6, 6.07) is 6.84. The average Bonchev–Trinajstić information content (AvgIpc) is 3.11. The van der Waals surface area contributed by atoms with Gasteiger partial charge in [-0.1, -0.05) is 17.3 Å². The summed E-state index contributed by atoms with van der Waals surface area (Å²) in [6.07, 6.45) is 2.02. The fourth-order valence-corrected chi connectivity index (χ4v) is 3.09. The Bertz CT molecular complexity index is 951. The monoisotopic (exact) mass is 368 g/mol. The number of ether oxygens (including phenoxy) is 1. The quantitative estimate of drug-likeness (QED) is 0.514. The Hall–Kier alpha value is -3.07. The van der Waals surface area contributed by atoms with Gasteiger partial charge in [-0.25, -0.2) is 14.6 Å². The number of unbranched alkanes of at least 4 members (excludes halogenated alkanes) is 1. The van der Waals surface area contributed by atoms with E-state index in [1.54, 1.807) is 22.9 Å². The molecule has 9 heteroatoms. The number of carbonyl (C=O) groups excluding carboxylic acids is 1. The number of phenols is 1. The molecule has 2 aromatic heterocycles. The molecular formula is C18H20N6O3. The Morgan fingerprint density at radius 1 is 1.22 bits per heavy atom. The topological polar surface area (TPSA) is 106 Å². The zero-order valence-corrected chi connectivity index (χ0v) is 14.8. The summed E-state index contributed by atoms with van der Waals surface area (Å²) in [5.74, 6) is 1.36. The van der Waals surface area contributed by atoms with Gasteiger partial charge in [0.1, 0.15) is 12.0 Å². The Balaban J connectivity index is 1.82. The highest BCUT2D eigenvalue weighted by atomic mass is 16.5. The van der Waals surface area contributed by atoms with Crippen LogP contribution in [0.2, 0.25) is 0 Å². The molecule has 1 fully saturated rings. The van der Waals surface area contributed by atoms with Crippen molar-refractivity contribution in [3.8, 4) is 17.1 Å². The molecule has 0 aliphatic carbocycles. The van der Waals surface area contributed by atoms with Crippen molar-refractivity contribution in [3.05, 3.63) is 24.3 Å². The van der Waals surface area contributed by atoms with Crippen molar-refractivity contribution in [1.29, 1.82) is 0 Å². The standard InChI is InChI=1S/C18H20N6O3/c25-9-2-1-6-24-18-15(21-22-24)17(23-7-10-27-11-8-23)19-16(20-18)13-4-3-5-14(26)12-13/h3-5,9,12,26H,1-2,6-8,10-11H2. The van der Waals surface area contributed by atoms with Crippen LogP contribution in [0.3, 0.4) is 0 Å². The van der Waals surface area contributed by atoms with Gasteiger partial charge in [-0.05, 0) is 18.6 Å². The minimum atomic E-state index is 0.154. The summed E-state index contributed by atoms with van der Waals surface area (Å²) >= 11 is 0. The number of carbonyl (C=O) groups is 1. The van der Waals surface area contributed by atoms with Crippen molar-refractivity contribution in [2.24, 2.45) is 0 Å². The Labute approximate surface area is 155 Å². The molecule has 1 aliphatic rings. The molecule has 140 valence electrons. The van der Waals surface area contributed by atoms with E-state index in [4.69, 9.17) is 9.72 Å². The number of morpholine rings is 1. The third kappa shape index (κ3) is 3.59. The lowest BCUT2D eigenvalue weighted by molar-refractivity contribution is -0.107. The van der Waals surface area contributed by atoms with Gasteiger partial charge in [0, 0.05) is 31.6 Å². The van der Waals surface area contributed by atoms with Crippen molar-refractivity contribution in [1.82, 2.24) is 25.0 Å². The van der Waals surface area contributed by atoms with Crippen LogP contribution in [0, 0.1) is 0 Å². The largest absolute Gasteiger partial charge is 0.508 e. The number of aryl methyl sites for hydroxylation is 1. The molecule has 3 aromatic rings. The molecule has 0 atom stereocenters. The zero-order valence-electron chi connectivity index (χ0n) is 14.8. The lowest BCUT2D eigenvalue weighted by atomic mass is 10.2. The predicted molar refractivity (Wildman–Crippen MR) is 98.5 cm³/mol. The maximum Gasteiger partial charge on any atom is 0.184 e. The summed E-state index contributed by atoms with van der Waals surface area (Å²) in [5.41, 5.74) is 1.97. The smallest absolute Gasteiger partial charge is 0.184 e. The lowest BCUT2D eigenvalue weighted by Crippen LogP contribution is -2.37. The molecule has 4 rings (SSSR count). The van der Waals surface area contributed by atoms with Crippen LogP contribution >= 0.6 is 0 Å². The third-order valence-corrected chi connectivity index (χ3v) is 4.45. The maximum atomic E-state index is 10.6. The van der Waals surface area contributed by atoms with Crippen LogP contribution in [0.15, 0.2) is 24.3 Å². The Morgan fingerprint density at radius 2 is 2.07 bits per heavy atom. The Kier molecular flexibility index (Phi) is 4.93. The van der Waals surface area contributed by atoms with E-state index in [0.717, 1.165) is 6.29 Å². The van der Waals surface area contributed by atoms with E-state index in [-0.39, 0.29) is 5.75 Å². The summed E-state index contributed by atoms with van der Waals surface area (Å²) in [6.45, 7) is 3.22. The first-order chi connectivity index (χ1) is 13.3. The van der Waals surface area contributed by atoms with Gasteiger partial charge in [0.05, 0.1) is 13.2 Å². The number of fused-ring (bicyclic) bond motifs is 1. The number of aromatic nitrogens is 5. The van der Waals surface area contributed by atoms with E-state index in [9.17, 15) is 9.90 Å². The molecule has 9 nitrogen and oxygen atoms in total. The van der Waals surface area contributed by atoms with E-state index < -0.39 is 0 Å². The second-order valence-corrected chi connectivity index (χ2v) is 6.31. The maximum absolute atomic E-state index is 10.6. The van der Waals surface area contributed by atoms with Gasteiger partial charge in [-0.15, -0.1) is 5.10 Å². The predicted octanol–water partition coefficient (Wildman–Crippen LogP) is 1.41. The summed E-state index contributed by atoms with van der Waals surface area (Å²) in [7, 11) is 0. The van der Waals surface area contributed by atoms with Crippen LogP contribution in [-0.4, -0.2) is 62.7 Å². The fraction of sp³-hybridized carbons (Fsp3) is 0.389. The molecule has 0 spiro atoms. The van der Waals surface area contributed by atoms with Crippen molar-refractivity contribution in [2.75, 3.05) is 31.2 Å². The van der Waals surface area contributed by atoms with Crippen LogP contribution in [0.4, 0.5) is 5.82 Å². The zero-order chi connectivity index (χ0) is 18.6. The number of rotatable bonds is 6. The SMILES string of the molecule is O=CCCCn1nnc2c(N3CCOCC3)nc(-c3cccc(O)c3)nc21. The number of benzene rings is 1. The lowest BCUT2D eigenvalue weighted by Gasteiger charge is -2.27. The van der Waals surface area contributed by atoms with Gasteiger partial charge >= 0.3 is 0 Å². The molecule has 0 bridgehead atoms. The molecule has 0 amide bonds. The minimum absolute atomic E-state index is 0.154. The Morgan fingerprint density at radius 3 is 2.85 bits per heavy atom. The van der Waals surface area contributed by atoms with Crippen LogP contribution in [0.5, 0.6) is 5.75 Å². The van der Waals surface area contributed by atoms with Gasteiger partial charge in [0.25, 0.3) is 0 Å². The molecule has 0 saturated carbocycles. The summed E-state index contributed by atoms with van der Waals surface area (Å²) in [4.78, 5) is 22.1. The third-order valence-electron chi connectivity index (χ3n) is 4.45. The van der Waals surface area contributed by atoms with Gasteiger partial charge in [0.2, 0.25) is 0 Å². The molecule has 1 aliphatic heterocycles. The van der Waals surface area contributed by atoms with E-state index in [1.165, 1.54) is 0 Å². The first kappa shape index (κ1) is 17.3. The highest BCUT2D eigenvalue weighted by Crippen LogP contribution is 2.28. The first-order valence-corrected chi connectivity index (χ1v) is 8.93. The van der Waals surface area contributed by atoms with Crippen molar-refractivity contribution < 1.29 is 14.6 Å². The van der Waals surface area contributed by atoms with Crippen molar-refractivity contribution in [2.45, 2.75) is 19.4 Å². The first-order valence-electron chi connectivity index (χ1n) is 8.93. The van der Waals surface area contributed by atoms with Crippen LogP contribution < -0.4 is 4.90 Å².